The third kappa shape index (κ3) is 4.94. The van der Waals surface area contributed by atoms with Crippen LogP contribution < -0.4 is 10.6 Å². The van der Waals surface area contributed by atoms with Gasteiger partial charge in [0, 0.05) is 13.1 Å². The van der Waals surface area contributed by atoms with Gasteiger partial charge < -0.3 is 10.6 Å². The molecular weight excluding hydrogens is 200 g/mol. The van der Waals surface area contributed by atoms with E-state index in [0.29, 0.717) is 6.54 Å². The molecule has 1 aromatic carbocycles. The van der Waals surface area contributed by atoms with E-state index in [1.165, 1.54) is 11.1 Å². The van der Waals surface area contributed by atoms with Gasteiger partial charge in [-0.15, -0.1) is 0 Å². The zero-order valence-corrected chi connectivity index (χ0v) is 9.83. The van der Waals surface area contributed by atoms with Crippen LogP contribution in [-0.2, 0) is 17.6 Å². The molecule has 0 saturated heterocycles. The number of hydrogen-bond donors (Lipinski definition) is 2. The number of aryl methyl sites for hydroxylation is 1. The maximum atomic E-state index is 9.99. The van der Waals surface area contributed by atoms with Crippen molar-refractivity contribution >= 4 is 6.41 Å². The van der Waals surface area contributed by atoms with Gasteiger partial charge in [0.2, 0.25) is 6.41 Å². The van der Waals surface area contributed by atoms with E-state index in [0.717, 1.165) is 32.3 Å². The van der Waals surface area contributed by atoms with Gasteiger partial charge in [0.1, 0.15) is 0 Å². The van der Waals surface area contributed by atoms with Crippen LogP contribution in [-0.4, -0.2) is 26.0 Å². The normalized spacial score (nSPS) is 10.1. The number of carbonyl (C=O) groups is 1. The minimum absolute atomic E-state index is 0.693. The minimum Gasteiger partial charge on any atom is -0.357 e. The van der Waals surface area contributed by atoms with Crippen molar-refractivity contribution in [1.29, 1.82) is 0 Å². The molecule has 0 aliphatic heterocycles. The van der Waals surface area contributed by atoms with Crippen LogP contribution in [0.4, 0.5) is 0 Å². The molecule has 2 N–H and O–H groups in total. The van der Waals surface area contributed by atoms with E-state index in [9.17, 15) is 4.79 Å². The Kier molecular flexibility index (Phi) is 6.26. The fourth-order valence-corrected chi connectivity index (χ4v) is 1.58. The lowest BCUT2D eigenvalue weighted by Gasteiger charge is -2.05. The Hall–Kier alpha value is -1.35. The smallest absolute Gasteiger partial charge is 0.207 e. The molecule has 0 radical (unpaired) electrons. The highest BCUT2D eigenvalue weighted by Gasteiger charge is 1.94. The maximum absolute atomic E-state index is 9.99. The van der Waals surface area contributed by atoms with E-state index in [-0.39, 0.29) is 0 Å². The first-order valence-electron chi connectivity index (χ1n) is 5.82. The largest absolute Gasteiger partial charge is 0.357 e. The molecule has 0 unspecified atom stereocenters. The van der Waals surface area contributed by atoms with Gasteiger partial charge in [0.05, 0.1) is 0 Å². The summed E-state index contributed by atoms with van der Waals surface area (Å²) in [6, 6.07) is 8.68. The molecule has 16 heavy (non-hydrogen) atoms. The lowest BCUT2D eigenvalue weighted by molar-refractivity contribution is -0.109. The summed E-state index contributed by atoms with van der Waals surface area (Å²) in [6.07, 6.45) is 2.85. The number of amides is 1. The summed E-state index contributed by atoms with van der Waals surface area (Å²) < 4.78 is 0. The summed E-state index contributed by atoms with van der Waals surface area (Å²) in [5, 5.41) is 5.91. The van der Waals surface area contributed by atoms with E-state index < -0.39 is 0 Å². The van der Waals surface area contributed by atoms with Crippen molar-refractivity contribution in [3.8, 4) is 0 Å². The molecule has 0 atom stereocenters. The molecule has 0 bridgehead atoms. The molecule has 0 aromatic heterocycles. The van der Waals surface area contributed by atoms with E-state index >= 15 is 0 Å². The Morgan fingerprint density at radius 1 is 1.19 bits per heavy atom. The zero-order chi connectivity index (χ0) is 11.6. The maximum Gasteiger partial charge on any atom is 0.207 e. The Morgan fingerprint density at radius 2 is 2.00 bits per heavy atom. The number of rotatable bonds is 8. The minimum atomic E-state index is 0.693. The summed E-state index contributed by atoms with van der Waals surface area (Å²) in [5.41, 5.74) is 2.76. The van der Waals surface area contributed by atoms with Crippen molar-refractivity contribution in [2.75, 3.05) is 19.6 Å². The first-order chi connectivity index (χ1) is 7.86. The van der Waals surface area contributed by atoms with Crippen molar-refractivity contribution in [3.63, 3.8) is 0 Å². The standard InChI is InChI=1S/C13H20N2O/c1-2-12-4-3-5-13(10-12)6-7-14-8-9-15-11-16/h3-5,10-11,14H,2,6-9H2,1H3,(H,15,16). The highest BCUT2D eigenvalue weighted by Crippen LogP contribution is 2.05. The summed E-state index contributed by atoms with van der Waals surface area (Å²) in [5.74, 6) is 0. The lowest BCUT2D eigenvalue weighted by Crippen LogP contribution is -2.27. The molecule has 1 amide bonds. The molecule has 0 saturated carbocycles. The molecule has 0 heterocycles. The fourth-order valence-electron chi connectivity index (χ4n) is 1.58. The van der Waals surface area contributed by atoms with Crippen molar-refractivity contribution in [2.45, 2.75) is 19.8 Å². The van der Waals surface area contributed by atoms with Gasteiger partial charge in [0.25, 0.3) is 0 Å². The molecule has 3 nitrogen and oxygen atoms in total. The number of hydrogen-bond acceptors (Lipinski definition) is 2. The van der Waals surface area contributed by atoms with Gasteiger partial charge in [-0.25, -0.2) is 0 Å². The van der Waals surface area contributed by atoms with Crippen molar-refractivity contribution < 1.29 is 4.79 Å². The average molecular weight is 220 g/mol. The number of nitrogens with one attached hydrogen (secondary N) is 2. The molecular formula is C13H20N2O. The Morgan fingerprint density at radius 3 is 2.75 bits per heavy atom. The van der Waals surface area contributed by atoms with E-state index in [1.807, 2.05) is 0 Å². The quantitative estimate of drug-likeness (QED) is 0.509. The predicted octanol–water partition coefficient (Wildman–Crippen LogP) is 1.13. The topological polar surface area (TPSA) is 41.1 Å². The van der Waals surface area contributed by atoms with Crippen LogP contribution in [0.2, 0.25) is 0 Å². The van der Waals surface area contributed by atoms with Crippen LogP contribution in [0.3, 0.4) is 0 Å². The molecule has 0 spiro atoms. The van der Waals surface area contributed by atoms with Gasteiger partial charge in [0.15, 0.2) is 0 Å². The molecule has 3 heteroatoms. The van der Waals surface area contributed by atoms with Gasteiger partial charge in [-0.2, -0.15) is 0 Å². The van der Waals surface area contributed by atoms with Gasteiger partial charge in [-0.1, -0.05) is 31.2 Å². The second-order valence-corrected chi connectivity index (χ2v) is 3.75. The summed E-state index contributed by atoms with van der Waals surface area (Å²) >= 11 is 0. The van der Waals surface area contributed by atoms with E-state index in [4.69, 9.17) is 0 Å². The zero-order valence-electron chi connectivity index (χ0n) is 9.83. The molecule has 1 aromatic rings. The first-order valence-corrected chi connectivity index (χ1v) is 5.82. The van der Waals surface area contributed by atoms with Crippen LogP contribution in [0, 0.1) is 0 Å². The Balaban J connectivity index is 2.18. The fraction of sp³-hybridized carbons (Fsp3) is 0.462. The number of carbonyl (C=O) groups excluding carboxylic acids is 1. The van der Waals surface area contributed by atoms with Crippen LogP contribution >= 0.6 is 0 Å². The summed E-state index contributed by atoms with van der Waals surface area (Å²) in [7, 11) is 0. The van der Waals surface area contributed by atoms with Crippen LogP contribution in [0.15, 0.2) is 24.3 Å². The number of benzene rings is 1. The highest BCUT2D eigenvalue weighted by molar-refractivity contribution is 5.45. The predicted molar refractivity (Wildman–Crippen MR) is 66.5 cm³/mol. The van der Waals surface area contributed by atoms with Crippen molar-refractivity contribution in [3.05, 3.63) is 35.4 Å². The second kappa shape index (κ2) is 7.88. The van der Waals surface area contributed by atoms with Crippen LogP contribution in [0.25, 0.3) is 0 Å². The molecule has 1 rings (SSSR count). The first kappa shape index (κ1) is 12.7. The van der Waals surface area contributed by atoms with Gasteiger partial charge in [-0.05, 0) is 30.5 Å². The summed E-state index contributed by atoms with van der Waals surface area (Å²) in [6.45, 7) is 4.64. The molecule has 0 aliphatic carbocycles. The van der Waals surface area contributed by atoms with E-state index in [1.54, 1.807) is 0 Å². The molecule has 0 aliphatic rings. The SMILES string of the molecule is CCc1cccc(CCNCCNC=O)c1. The second-order valence-electron chi connectivity index (χ2n) is 3.75. The van der Waals surface area contributed by atoms with Crippen LogP contribution in [0.5, 0.6) is 0 Å². The van der Waals surface area contributed by atoms with Crippen molar-refractivity contribution in [1.82, 2.24) is 10.6 Å². The van der Waals surface area contributed by atoms with Crippen molar-refractivity contribution in [2.24, 2.45) is 0 Å². The Bertz CT molecular complexity index is 313. The van der Waals surface area contributed by atoms with Crippen LogP contribution in [0.1, 0.15) is 18.1 Å². The highest BCUT2D eigenvalue weighted by atomic mass is 16.1. The van der Waals surface area contributed by atoms with Gasteiger partial charge in [-0.3, -0.25) is 4.79 Å². The average Bonchev–Trinajstić information content (AvgIpc) is 2.34. The third-order valence-corrected chi connectivity index (χ3v) is 2.52. The summed E-state index contributed by atoms with van der Waals surface area (Å²) in [4.78, 5) is 9.99. The molecule has 0 fully saturated rings. The Labute approximate surface area is 97.2 Å². The lowest BCUT2D eigenvalue weighted by atomic mass is 10.1. The van der Waals surface area contributed by atoms with E-state index in [2.05, 4.69) is 41.8 Å². The molecule has 88 valence electrons. The third-order valence-electron chi connectivity index (χ3n) is 2.52. The van der Waals surface area contributed by atoms with Gasteiger partial charge >= 0.3 is 0 Å². The monoisotopic (exact) mass is 220 g/mol.